The van der Waals surface area contributed by atoms with Gasteiger partial charge in [0.05, 0.1) is 0 Å². The van der Waals surface area contributed by atoms with Gasteiger partial charge in [0.1, 0.15) is 5.82 Å². The zero-order valence-electron chi connectivity index (χ0n) is 13.4. The maximum atomic E-state index is 13.4. The summed E-state index contributed by atoms with van der Waals surface area (Å²) < 4.78 is 15.8. The van der Waals surface area contributed by atoms with E-state index in [9.17, 15) is 4.39 Å². The number of aromatic nitrogens is 1. The molecule has 0 fully saturated rings. The van der Waals surface area contributed by atoms with E-state index in [0.29, 0.717) is 6.04 Å². The molecule has 118 valence electrons. The molecule has 2 nitrogen and oxygen atoms in total. The van der Waals surface area contributed by atoms with Gasteiger partial charge in [-0.25, -0.2) is 4.39 Å². The van der Waals surface area contributed by atoms with E-state index in [0.717, 1.165) is 36.8 Å². The second kappa shape index (κ2) is 5.82. The van der Waals surface area contributed by atoms with E-state index in [1.807, 2.05) is 6.07 Å². The minimum atomic E-state index is -0.154. The number of hydrogen-bond donors (Lipinski definition) is 0. The van der Waals surface area contributed by atoms with E-state index in [1.165, 1.54) is 11.3 Å². The third-order valence-corrected chi connectivity index (χ3v) is 4.97. The van der Waals surface area contributed by atoms with Gasteiger partial charge in [-0.1, -0.05) is 30.3 Å². The molecule has 1 aliphatic heterocycles. The van der Waals surface area contributed by atoms with E-state index < -0.39 is 0 Å². The lowest BCUT2D eigenvalue weighted by Gasteiger charge is -2.33. The molecule has 0 amide bonds. The molecule has 1 unspecified atom stereocenters. The first kappa shape index (κ1) is 14.5. The van der Waals surface area contributed by atoms with Crippen LogP contribution in [0, 0.1) is 5.82 Å². The quantitative estimate of drug-likeness (QED) is 0.703. The van der Waals surface area contributed by atoms with Crippen molar-refractivity contribution in [3.63, 3.8) is 0 Å². The summed E-state index contributed by atoms with van der Waals surface area (Å²) in [4.78, 5) is 2.44. The van der Waals surface area contributed by atoms with Crippen LogP contribution >= 0.6 is 0 Å². The van der Waals surface area contributed by atoms with Crippen LogP contribution in [-0.4, -0.2) is 22.6 Å². The molecule has 1 atom stereocenters. The molecule has 3 aromatic rings. The summed E-state index contributed by atoms with van der Waals surface area (Å²) in [6, 6.07) is 18.4. The number of rotatable bonds is 3. The highest BCUT2D eigenvalue weighted by Crippen LogP contribution is 2.28. The Kier molecular flexibility index (Phi) is 3.66. The molecular weight excluding hydrogens is 287 g/mol. The SMILES string of the molecule is CN(Cc1ccccc1)C1CCc2cc3cc(F)ccc3n2C1. The second-order valence-corrected chi connectivity index (χ2v) is 6.54. The first-order valence-corrected chi connectivity index (χ1v) is 8.22. The molecule has 1 aliphatic rings. The van der Waals surface area contributed by atoms with Crippen LogP contribution in [0.3, 0.4) is 0 Å². The van der Waals surface area contributed by atoms with Gasteiger partial charge in [0.15, 0.2) is 0 Å². The summed E-state index contributed by atoms with van der Waals surface area (Å²) in [6.07, 6.45) is 2.21. The highest BCUT2D eigenvalue weighted by molar-refractivity contribution is 5.81. The number of benzene rings is 2. The fourth-order valence-electron chi connectivity index (χ4n) is 3.70. The van der Waals surface area contributed by atoms with Crippen molar-refractivity contribution in [2.75, 3.05) is 7.05 Å². The zero-order valence-corrected chi connectivity index (χ0v) is 13.4. The van der Waals surface area contributed by atoms with E-state index in [-0.39, 0.29) is 5.82 Å². The summed E-state index contributed by atoms with van der Waals surface area (Å²) in [5, 5.41) is 1.02. The molecule has 0 saturated carbocycles. The first-order valence-electron chi connectivity index (χ1n) is 8.22. The van der Waals surface area contributed by atoms with Gasteiger partial charge in [-0.3, -0.25) is 4.90 Å². The number of nitrogens with zero attached hydrogens (tertiary/aromatic N) is 2. The highest BCUT2D eigenvalue weighted by Gasteiger charge is 2.23. The number of hydrogen-bond acceptors (Lipinski definition) is 1. The van der Waals surface area contributed by atoms with Crippen LogP contribution in [0.2, 0.25) is 0 Å². The molecule has 3 heteroatoms. The minimum Gasteiger partial charge on any atom is -0.343 e. The van der Waals surface area contributed by atoms with Crippen LogP contribution < -0.4 is 0 Å². The zero-order chi connectivity index (χ0) is 15.8. The molecule has 0 radical (unpaired) electrons. The highest BCUT2D eigenvalue weighted by atomic mass is 19.1. The van der Waals surface area contributed by atoms with Crippen molar-refractivity contribution in [1.82, 2.24) is 9.47 Å². The second-order valence-electron chi connectivity index (χ2n) is 6.54. The Balaban J connectivity index is 1.57. The van der Waals surface area contributed by atoms with E-state index >= 15 is 0 Å². The van der Waals surface area contributed by atoms with Gasteiger partial charge >= 0.3 is 0 Å². The standard InChI is InChI=1S/C20H21FN2/c1-22(13-15-5-3-2-4-6-15)19-9-8-18-12-16-11-17(21)7-10-20(16)23(18)14-19/h2-7,10-12,19H,8-9,13-14H2,1H3. The number of likely N-dealkylation sites (N-methyl/N-ethyl adjacent to an activating group) is 1. The van der Waals surface area contributed by atoms with Crippen molar-refractivity contribution in [3.8, 4) is 0 Å². The fraction of sp³-hybridized carbons (Fsp3) is 0.300. The Labute approximate surface area is 136 Å². The maximum absolute atomic E-state index is 13.4. The van der Waals surface area contributed by atoms with Crippen LogP contribution in [0.5, 0.6) is 0 Å². The molecule has 1 aromatic heterocycles. The van der Waals surface area contributed by atoms with Crippen molar-refractivity contribution in [2.24, 2.45) is 0 Å². The Morgan fingerprint density at radius 2 is 1.96 bits per heavy atom. The van der Waals surface area contributed by atoms with Gasteiger partial charge in [0, 0.05) is 35.7 Å². The average molecular weight is 308 g/mol. The van der Waals surface area contributed by atoms with Crippen LogP contribution in [0.4, 0.5) is 4.39 Å². The molecule has 23 heavy (non-hydrogen) atoms. The fourth-order valence-corrected chi connectivity index (χ4v) is 3.70. The first-order chi connectivity index (χ1) is 11.2. The lowest BCUT2D eigenvalue weighted by molar-refractivity contribution is 0.188. The average Bonchev–Trinajstić information content (AvgIpc) is 2.92. The molecule has 0 N–H and O–H groups in total. The summed E-state index contributed by atoms with van der Waals surface area (Å²) in [5.74, 6) is -0.154. The van der Waals surface area contributed by atoms with Crippen molar-refractivity contribution in [1.29, 1.82) is 0 Å². The number of halogens is 1. The minimum absolute atomic E-state index is 0.154. The largest absolute Gasteiger partial charge is 0.343 e. The molecule has 0 saturated heterocycles. The molecule has 0 bridgehead atoms. The molecule has 2 heterocycles. The summed E-state index contributed by atoms with van der Waals surface area (Å²) in [5.41, 5.74) is 3.83. The molecular formula is C20H21FN2. The van der Waals surface area contributed by atoms with Gasteiger partial charge in [-0.2, -0.15) is 0 Å². The Morgan fingerprint density at radius 3 is 2.78 bits per heavy atom. The van der Waals surface area contributed by atoms with E-state index in [4.69, 9.17) is 0 Å². The topological polar surface area (TPSA) is 8.17 Å². The molecule has 0 spiro atoms. The van der Waals surface area contributed by atoms with E-state index in [2.05, 4.69) is 52.9 Å². The smallest absolute Gasteiger partial charge is 0.123 e. The third kappa shape index (κ3) is 2.77. The predicted molar refractivity (Wildman–Crippen MR) is 91.9 cm³/mol. The number of fused-ring (bicyclic) bond motifs is 3. The lowest BCUT2D eigenvalue weighted by atomic mass is 10.0. The van der Waals surface area contributed by atoms with Crippen molar-refractivity contribution < 1.29 is 4.39 Å². The van der Waals surface area contributed by atoms with Crippen LogP contribution in [-0.2, 0) is 19.5 Å². The molecule has 2 aromatic carbocycles. The lowest BCUT2D eigenvalue weighted by Crippen LogP contribution is -2.38. The van der Waals surface area contributed by atoms with E-state index in [1.54, 1.807) is 12.1 Å². The van der Waals surface area contributed by atoms with Gasteiger partial charge in [0.25, 0.3) is 0 Å². The van der Waals surface area contributed by atoms with Gasteiger partial charge in [0.2, 0.25) is 0 Å². The van der Waals surface area contributed by atoms with Crippen molar-refractivity contribution in [3.05, 3.63) is 71.7 Å². The van der Waals surface area contributed by atoms with Gasteiger partial charge < -0.3 is 4.57 Å². The Hall–Kier alpha value is -2.13. The summed E-state index contributed by atoms with van der Waals surface area (Å²) >= 11 is 0. The van der Waals surface area contributed by atoms with Crippen molar-refractivity contribution >= 4 is 10.9 Å². The Bertz CT molecular complexity index is 822. The summed E-state index contributed by atoms with van der Waals surface area (Å²) in [6.45, 7) is 1.95. The maximum Gasteiger partial charge on any atom is 0.123 e. The van der Waals surface area contributed by atoms with Crippen molar-refractivity contribution in [2.45, 2.75) is 32.0 Å². The normalized spacial score (nSPS) is 17.6. The van der Waals surface area contributed by atoms with Crippen LogP contribution in [0.15, 0.2) is 54.6 Å². The van der Waals surface area contributed by atoms with Gasteiger partial charge in [-0.05, 0) is 49.7 Å². The monoisotopic (exact) mass is 308 g/mol. The third-order valence-electron chi connectivity index (χ3n) is 4.97. The summed E-state index contributed by atoms with van der Waals surface area (Å²) in [7, 11) is 2.20. The number of aryl methyl sites for hydroxylation is 1. The van der Waals surface area contributed by atoms with Crippen LogP contribution in [0.1, 0.15) is 17.7 Å². The van der Waals surface area contributed by atoms with Crippen LogP contribution in [0.25, 0.3) is 10.9 Å². The Morgan fingerprint density at radius 1 is 1.13 bits per heavy atom. The van der Waals surface area contributed by atoms with Gasteiger partial charge in [-0.15, -0.1) is 0 Å². The molecule has 4 rings (SSSR count). The predicted octanol–water partition coefficient (Wildman–Crippen LogP) is 4.23. The molecule has 0 aliphatic carbocycles.